The van der Waals surface area contributed by atoms with E-state index in [0.717, 1.165) is 0 Å². The molecular weight excluding hydrogens is 236 g/mol. The number of aromatic nitrogens is 2. The number of methoxy groups -OCH3 is 2. The number of aliphatic imine (C=N–C) groups is 1. The molecule has 0 atom stereocenters. The van der Waals surface area contributed by atoms with Crippen LogP contribution < -0.4 is 9.47 Å². The van der Waals surface area contributed by atoms with Crippen molar-refractivity contribution in [2.24, 2.45) is 4.99 Å². The van der Waals surface area contributed by atoms with Crippen molar-refractivity contribution in [3.63, 3.8) is 0 Å². The number of nitrogens with zero attached hydrogens (tertiary/aromatic N) is 4. The molecule has 98 valence electrons. The van der Waals surface area contributed by atoms with Gasteiger partial charge >= 0.3 is 0 Å². The quantitative estimate of drug-likeness (QED) is 0.579. The first-order valence-electron chi connectivity index (χ1n) is 5.21. The average molecular weight is 252 g/mol. The first kappa shape index (κ1) is 13.9. The molecule has 0 radical (unpaired) electrons. The predicted molar refractivity (Wildman–Crippen MR) is 66.3 cm³/mol. The molecule has 0 saturated carbocycles. The summed E-state index contributed by atoms with van der Waals surface area (Å²) in [6, 6.07) is 0. The van der Waals surface area contributed by atoms with E-state index in [2.05, 4.69) is 15.0 Å². The van der Waals surface area contributed by atoms with Gasteiger partial charge in [-0.05, 0) is 6.92 Å². The van der Waals surface area contributed by atoms with Crippen LogP contribution in [0.2, 0.25) is 0 Å². The lowest BCUT2D eigenvalue weighted by Crippen LogP contribution is -2.20. The summed E-state index contributed by atoms with van der Waals surface area (Å²) in [4.78, 5) is 25.4. The molecule has 0 spiro atoms. The van der Waals surface area contributed by atoms with E-state index in [1.807, 2.05) is 0 Å². The standard InChI is InChI=1S/C11H16N4O3/c1-7(15(2)3)14-9(16)8-10(17-4)12-6-13-11(8)18-5/h6H,1-5H3/b14-7-. The number of hydrogen-bond donors (Lipinski definition) is 0. The molecule has 7 nitrogen and oxygen atoms in total. The summed E-state index contributed by atoms with van der Waals surface area (Å²) in [5, 5.41) is 0. The minimum atomic E-state index is -0.504. The Morgan fingerprint density at radius 3 is 2.11 bits per heavy atom. The third-order valence-electron chi connectivity index (χ3n) is 2.29. The average Bonchev–Trinajstić information content (AvgIpc) is 2.37. The highest BCUT2D eigenvalue weighted by atomic mass is 16.5. The molecule has 1 aromatic heterocycles. The Morgan fingerprint density at radius 2 is 1.72 bits per heavy atom. The van der Waals surface area contributed by atoms with Gasteiger partial charge in [-0.1, -0.05) is 0 Å². The summed E-state index contributed by atoms with van der Waals surface area (Å²) >= 11 is 0. The van der Waals surface area contributed by atoms with Gasteiger partial charge in [-0.25, -0.2) is 9.97 Å². The maximum absolute atomic E-state index is 12.1. The van der Waals surface area contributed by atoms with Crippen molar-refractivity contribution < 1.29 is 14.3 Å². The fourth-order valence-corrected chi connectivity index (χ4v) is 1.15. The number of ether oxygens (including phenoxy) is 2. The number of rotatable bonds is 3. The van der Waals surface area contributed by atoms with Crippen LogP contribution in [0, 0.1) is 0 Å². The van der Waals surface area contributed by atoms with E-state index in [0.29, 0.717) is 5.84 Å². The van der Waals surface area contributed by atoms with Crippen molar-refractivity contribution >= 4 is 11.7 Å². The van der Waals surface area contributed by atoms with Gasteiger partial charge in [0.2, 0.25) is 11.8 Å². The zero-order valence-corrected chi connectivity index (χ0v) is 11.1. The van der Waals surface area contributed by atoms with E-state index < -0.39 is 5.91 Å². The lowest BCUT2D eigenvalue weighted by Gasteiger charge is -2.11. The molecule has 0 aliphatic carbocycles. The molecule has 1 amide bonds. The second-order valence-corrected chi connectivity index (χ2v) is 3.63. The predicted octanol–water partition coefficient (Wildman–Crippen LogP) is 0.614. The largest absolute Gasteiger partial charge is 0.480 e. The normalized spacial score (nSPS) is 11.1. The van der Waals surface area contributed by atoms with Gasteiger partial charge in [0, 0.05) is 14.1 Å². The molecule has 1 heterocycles. The van der Waals surface area contributed by atoms with Crippen LogP contribution >= 0.6 is 0 Å². The molecule has 7 heteroatoms. The van der Waals surface area contributed by atoms with Crippen molar-refractivity contribution in [1.29, 1.82) is 0 Å². The molecule has 0 saturated heterocycles. The van der Waals surface area contributed by atoms with Gasteiger partial charge < -0.3 is 14.4 Å². The molecule has 0 aromatic carbocycles. The second kappa shape index (κ2) is 5.95. The molecule has 0 fully saturated rings. The van der Waals surface area contributed by atoms with Gasteiger partial charge in [0.25, 0.3) is 5.91 Å². The van der Waals surface area contributed by atoms with Gasteiger partial charge in [0.15, 0.2) is 5.56 Å². The van der Waals surface area contributed by atoms with Crippen LogP contribution in [-0.2, 0) is 0 Å². The Hall–Kier alpha value is -2.18. The lowest BCUT2D eigenvalue weighted by atomic mass is 10.3. The van der Waals surface area contributed by atoms with Crippen molar-refractivity contribution in [2.75, 3.05) is 28.3 Å². The zero-order valence-electron chi connectivity index (χ0n) is 11.1. The molecule has 0 aliphatic heterocycles. The van der Waals surface area contributed by atoms with Gasteiger partial charge in [0.05, 0.1) is 14.2 Å². The summed E-state index contributed by atoms with van der Waals surface area (Å²) in [5.41, 5.74) is 0.115. The molecule has 0 unspecified atom stereocenters. The lowest BCUT2D eigenvalue weighted by molar-refractivity contribution is 0.0994. The van der Waals surface area contributed by atoms with Crippen LogP contribution in [0.4, 0.5) is 0 Å². The Bertz CT molecular complexity index is 449. The van der Waals surface area contributed by atoms with Crippen molar-refractivity contribution in [1.82, 2.24) is 14.9 Å². The number of carbonyl (C=O) groups is 1. The Balaban J connectivity index is 3.23. The van der Waals surface area contributed by atoms with Crippen LogP contribution in [0.3, 0.4) is 0 Å². The fourth-order valence-electron chi connectivity index (χ4n) is 1.15. The molecule has 0 N–H and O–H groups in total. The Kier molecular flexibility index (Phi) is 4.59. The van der Waals surface area contributed by atoms with Crippen molar-refractivity contribution in [3.8, 4) is 11.8 Å². The monoisotopic (exact) mass is 252 g/mol. The SMILES string of the molecule is COc1ncnc(OC)c1C(=O)/N=C(/C)N(C)C. The van der Waals surface area contributed by atoms with Crippen molar-refractivity contribution in [2.45, 2.75) is 6.92 Å². The minimum Gasteiger partial charge on any atom is -0.480 e. The first-order valence-corrected chi connectivity index (χ1v) is 5.21. The molecular formula is C11H16N4O3. The van der Waals surface area contributed by atoms with Gasteiger partial charge in [0.1, 0.15) is 12.2 Å². The third-order valence-corrected chi connectivity index (χ3v) is 2.29. The summed E-state index contributed by atoms with van der Waals surface area (Å²) in [6.45, 7) is 1.72. The molecule has 0 aliphatic rings. The van der Waals surface area contributed by atoms with E-state index in [-0.39, 0.29) is 17.3 Å². The third kappa shape index (κ3) is 2.93. The molecule has 1 aromatic rings. The van der Waals surface area contributed by atoms with Crippen LogP contribution in [0.25, 0.3) is 0 Å². The highest BCUT2D eigenvalue weighted by molar-refractivity contribution is 6.05. The molecule has 0 bridgehead atoms. The molecule has 18 heavy (non-hydrogen) atoms. The van der Waals surface area contributed by atoms with E-state index in [4.69, 9.17) is 9.47 Å². The summed E-state index contributed by atoms with van der Waals surface area (Å²) < 4.78 is 10.0. The first-order chi connectivity index (χ1) is 8.51. The zero-order chi connectivity index (χ0) is 13.7. The second-order valence-electron chi connectivity index (χ2n) is 3.63. The van der Waals surface area contributed by atoms with Gasteiger partial charge in [-0.15, -0.1) is 0 Å². The highest BCUT2D eigenvalue weighted by Crippen LogP contribution is 2.24. The topological polar surface area (TPSA) is 76.9 Å². The summed E-state index contributed by atoms with van der Waals surface area (Å²) in [6.07, 6.45) is 1.26. The van der Waals surface area contributed by atoms with Crippen LogP contribution in [-0.4, -0.2) is 54.9 Å². The summed E-state index contributed by atoms with van der Waals surface area (Å²) in [5.74, 6) is 0.341. The Labute approximate surface area is 105 Å². The Morgan fingerprint density at radius 1 is 1.22 bits per heavy atom. The van der Waals surface area contributed by atoms with E-state index in [9.17, 15) is 4.79 Å². The molecule has 1 rings (SSSR count). The summed E-state index contributed by atoms with van der Waals surface area (Å²) in [7, 11) is 6.42. The van der Waals surface area contributed by atoms with Crippen LogP contribution in [0.1, 0.15) is 17.3 Å². The van der Waals surface area contributed by atoms with Gasteiger partial charge in [-0.2, -0.15) is 4.99 Å². The highest BCUT2D eigenvalue weighted by Gasteiger charge is 2.20. The van der Waals surface area contributed by atoms with Crippen LogP contribution in [0.5, 0.6) is 11.8 Å². The number of carbonyl (C=O) groups excluding carboxylic acids is 1. The van der Waals surface area contributed by atoms with E-state index in [1.54, 1.807) is 25.9 Å². The maximum Gasteiger partial charge on any atom is 0.289 e. The van der Waals surface area contributed by atoms with Crippen LogP contribution in [0.15, 0.2) is 11.3 Å². The van der Waals surface area contributed by atoms with E-state index >= 15 is 0 Å². The minimum absolute atomic E-state index is 0.115. The number of hydrogen-bond acceptors (Lipinski definition) is 5. The maximum atomic E-state index is 12.1. The number of amides is 1. The number of amidine groups is 1. The fraction of sp³-hybridized carbons (Fsp3) is 0.455. The van der Waals surface area contributed by atoms with E-state index in [1.165, 1.54) is 20.5 Å². The smallest absolute Gasteiger partial charge is 0.289 e. The van der Waals surface area contributed by atoms with Crippen molar-refractivity contribution in [3.05, 3.63) is 11.9 Å². The van der Waals surface area contributed by atoms with Gasteiger partial charge in [-0.3, -0.25) is 4.79 Å².